The highest BCUT2D eigenvalue weighted by atomic mass is 31.2. The normalized spacial score (nSPS) is 44.8. The summed E-state index contributed by atoms with van der Waals surface area (Å²) in [5.74, 6) is 2.93. The van der Waals surface area contributed by atoms with Crippen LogP contribution in [-0.2, 0) is 9.09 Å². The third kappa shape index (κ3) is 2.36. The molecule has 0 spiro atoms. The van der Waals surface area contributed by atoms with Gasteiger partial charge in [-0.15, -0.1) is 6.42 Å². The molecule has 0 bridgehead atoms. The van der Waals surface area contributed by atoms with E-state index in [0.717, 1.165) is 6.42 Å². The van der Waals surface area contributed by atoms with Gasteiger partial charge in [0, 0.05) is 12.8 Å². The van der Waals surface area contributed by atoms with Gasteiger partial charge in [0.15, 0.2) is 0 Å². The van der Waals surface area contributed by atoms with Crippen LogP contribution in [0.3, 0.4) is 0 Å². The molecule has 0 aromatic heterocycles. The van der Waals surface area contributed by atoms with Gasteiger partial charge in [-0.1, -0.05) is 12.8 Å². The Labute approximate surface area is 67.8 Å². The van der Waals surface area contributed by atoms with Crippen molar-refractivity contribution in [1.82, 2.24) is 0 Å². The summed E-state index contributed by atoms with van der Waals surface area (Å²) < 4.78 is 16.7. The molecule has 1 rings (SSSR count). The van der Waals surface area contributed by atoms with E-state index in [4.69, 9.17) is 10.9 Å². The molecule has 0 aromatic carbocycles. The molecule has 3 atom stereocenters. The van der Waals surface area contributed by atoms with Gasteiger partial charge in [-0.05, 0) is 12.3 Å². The molecule has 0 saturated carbocycles. The molecule has 0 radical (unpaired) electrons. The molecule has 2 nitrogen and oxygen atoms in total. The van der Waals surface area contributed by atoms with Crippen LogP contribution in [0, 0.1) is 18.3 Å². The highest BCUT2D eigenvalue weighted by Gasteiger charge is 2.30. The molecule has 0 aromatic rings. The zero-order valence-corrected chi connectivity index (χ0v) is 7.80. The van der Waals surface area contributed by atoms with Gasteiger partial charge >= 0.3 is 0 Å². The van der Waals surface area contributed by atoms with Crippen LogP contribution in [0.2, 0.25) is 0 Å². The second-order valence-electron chi connectivity index (χ2n) is 3.30. The van der Waals surface area contributed by atoms with Gasteiger partial charge in [0.05, 0.1) is 0 Å². The minimum Gasteiger partial charge on any atom is -0.312 e. The summed E-state index contributed by atoms with van der Waals surface area (Å²) in [7, 11) is -2.36. The van der Waals surface area contributed by atoms with Crippen LogP contribution in [0.4, 0.5) is 0 Å². The molecule has 1 heterocycles. The maximum Gasteiger partial charge on any atom is 0.201 e. The molecule has 11 heavy (non-hydrogen) atoms. The van der Waals surface area contributed by atoms with Crippen molar-refractivity contribution >= 4 is 7.37 Å². The number of rotatable bonds is 0. The van der Waals surface area contributed by atoms with Crippen molar-refractivity contribution in [3.8, 4) is 12.3 Å². The Hall–Kier alpha value is -0.250. The highest BCUT2D eigenvalue weighted by Crippen LogP contribution is 2.50. The Bertz CT molecular complexity index is 229. The van der Waals surface area contributed by atoms with E-state index in [1.807, 2.05) is 0 Å². The Morgan fingerprint density at radius 1 is 1.73 bits per heavy atom. The van der Waals surface area contributed by atoms with Gasteiger partial charge in [-0.3, -0.25) is 4.57 Å². The SMILES string of the molecule is C#C[C@@H]1CC(C)CP(C)(=O)O1. The molecule has 2 unspecified atom stereocenters. The van der Waals surface area contributed by atoms with Crippen molar-refractivity contribution in [3.05, 3.63) is 0 Å². The molecule has 0 N–H and O–H groups in total. The standard InChI is InChI=1S/C8H13O2P/c1-4-8-5-7(2)6-11(3,9)10-8/h1,7-8H,5-6H2,2-3H3/t7?,8-,11?/m1/s1. The lowest BCUT2D eigenvalue weighted by Crippen LogP contribution is -2.22. The first kappa shape index (κ1) is 8.84. The van der Waals surface area contributed by atoms with Gasteiger partial charge < -0.3 is 4.52 Å². The van der Waals surface area contributed by atoms with Crippen molar-refractivity contribution in [3.63, 3.8) is 0 Å². The Morgan fingerprint density at radius 3 is 2.82 bits per heavy atom. The summed E-state index contributed by atoms with van der Waals surface area (Å²) in [5.41, 5.74) is 0. The van der Waals surface area contributed by atoms with Crippen LogP contribution in [0.1, 0.15) is 13.3 Å². The largest absolute Gasteiger partial charge is 0.312 e. The Morgan fingerprint density at radius 2 is 2.36 bits per heavy atom. The Balaban J connectivity index is 2.68. The van der Waals surface area contributed by atoms with Crippen LogP contribution in [-0.4, -0.2) is 18.9 Å². The van der Waals surface area contributed by atoms with Crippen LogP contribution in [0.5, 0.6) is 0 Å². The van der Waals surface area contributed by atoms with Gasteiger partial charge in [0.25, 0.3) is 0 Å². The van der Waals surface area contributed by atoms with E-state index in [0.29, 0.717) is 12.1 Å². The monoisotopic (exact) mass is 172 g/mol. The lowest BCUT2D eigenvalue weighted by Gasteiger charge is -2.28. The second-order valence-corrected chi connectivity index (χ2v) is 5.90. The lowest BCUT2D eigenvalue weighted by molar-refractivity contribution is 0.206. The van der Waals surface area contributed by atoms with Gasteiger partial charge in [-0.2, -0.15) is 0 Å². The summed E-state index contributed by atoms with van der Waals surface area (Å²) in [6.07, 6.45) is 6.48. The van der Waals surface area contributed by atoms with Gasteiger partial charge in [0.2, 0.25) is 7.37 Å². The van der Waals surface area contributed by atoms with Crippen LogP contribution in [0.25, 0.3) is 0 Å². The molecule has 62 valence electrons. The van der Waals surface area contributed by atoms with Crippen molar-refractivity contribution < 1.29 is 9.09 Å². The predicted molar refractivity (Wildman–Crippen MR) is 45.9 cm³/mol. The molecule has 1 aliphatic rings. The smallest absolute Gasteiger partial charge is 0.201 e. The molecule has 0 amide bonds. The first-order chi connectivity index (χ1) is 5.03. The maximum atomic E-state index is 11.5. The number of terminal acetylenes is 1. The Kier molecular flexibility index (Phi) is 2.42. The van der Waals surface area contributed by atoms with E-state index in [2.05, 4.69) is 12.8 Å². The summed E-state index contributed by atoms with van der Waals surface area (Å²) in [4.78, 5) is 0. The van der Waals surface area contributed by atoms with Crippen LogP contribution in [0.15, 0.2) is 0 Å². The average Bonchev–Trinajstić information content (AvgIpc) is 1.83. The van der Waals surface area contributed by atoms with Gasteiger partial charge in [0.1, 0.15) is 6.10 Å². The summed E-state index contributed by atoms with van der Waals surface area (Å²) in [6, 6.07) is 0. The van der Waals surface area contributed by atoms with Crippen LogP contribution < -0.4 is 0 Å². The number of hydrogen-bond acceptors (Lipinski definition) is 2. The highest BCUT2D eigenvalue weighted by molar-refractivity contribution is 7.58. The molecule has 0 aliphatic carbocycles. The average molecular weight is 172 g/mol. The molecule has 1 saturated heterocycles. The third-order valence-corrected chi connectivity index (χ3v) is 3.78. The zero-order chi connectivity index (χ0) is 8.48. The zero-order valence-electron chi connectivity index (χ0n) is 6.91. The van der Waals surface area contributed by atoms with Crippen LogP contribution >= 0.6 is 7.37 Å². The van der Waals surface area contributed by atoms with E-state index in [1.165, 1.54) is 0 Å². The van der Waals surface area contributed by atoms with E-state index >= 15 is 0 Å². The van der Waals surface area contributed by atoms with Gasteiger partial charge in [-0.25, -0.2) is 0 Å². The minimum absolute atomic E-state index is 0.227. The van der Waals surface area contributed by atoms with Crippen molar-refractivity contribution in [2.24, 2.45) is 5.92 Å². The topological polar surface area (TPSA) is 26.3 Å². The second kappa shape index (κ2) is 3.01. The summed E-state index contributed by atoms with van der Waals surface area (Å²) >= 11 is 0. The van der Waals surface area contributed by atoms with E-state index in [-0.39, 0.29) is 6.10 Å². The van der Waals surface area contributed by atoms with Crippen molar-refractivity contribution in [1.29, 1.82) is 0 Å². The van der Waals surface area contributed by atoms with E-state index in [1.54, 1.807) is 6.66 Å². The molecule has 1 aliphatic heterocycles. The van der Waals surface area contributed by atoms with E-state index < -0.39 is 7.37 Å². The quantitative estimate of drug-likeness (QED) is 0.412. The van der Waals surface area contributed by atoms with Crippen molar-refractivity contribution in [2.45, 2.75) is 19.4 Å². The fourth-order valence-electron chi connectivity index (χ4n) is 1.46. The fraction of sp³-hybridized carbons (Fsp3) is 0.750. The molecule has 1 fully saturated rings. The molecular weight excluding hydrogens is 159 g/mol. The van der Waals surface area contributed by atoms with E-state index in [9.17, 15) is 4.57 Å². The maximum absolute atomic E-state index is 11.5. The lowest BCUT2D eigenvalue weighted by atomic mass is 10.1. The molecular formula is C8H13O2P. The summed E-state index contributed by atoms with van der Waals surface area (Å²) in [6.45, 7) is 3.72. The fourth-order valence-corrected chi connectivity index (χ4v) is 3.51. The first-order valence-corrected chi connectivity index (χ1v) is 6.00. The summed E-state index contributed by atoms with van der Waals surface area (Å²) in [5, 5.41) is 0. The number of hydrogen-bond donors (Lipinski definition) is 0. The van der Waals surface area contributed by atoms with Crippen molar-refractivity contribution in [2.75, 3.05) is 12.8 Å². The third-order valence-electron chi connectivity index (χ3n) is 1.80. The predicted octanol–water partition coefficient (Wildman–Crippen LogP) is 1.95. The minimum atomic E-state index is -2.36. The first-order valence-electron chi connectivity index (χ1n) is 3.74. The molecule has 3 heteroatoms.